The molecule has 1 N–H and O–H groups in total. The molecule has 0 unspecified atom stereocenters. The summed E-state index contributed by atoms with van der Waals surface area (Å²) in [7, 11) is 1.40. The maximum atomic E-state index is 13.9. The number of carbonyl (C=O) groups is 1. The number of hydrogen-bond donors (Lipinski definition) is 1. The van der Waals surface area contributed by atoms with E-state index in [2.05, 4.69) is 14.9 Å². The highest BCUT2D eigenvalue weighted by atomic mass is 19.1. The molecule has 9 heteroatoms. The van der Waals surface area contributed by atoms with Crippen molar-refractivity contribution >= 4 is 22.9 Å². The van der Waals surface area contributed by atoms with Crippen LogP contribution in [-0.2, 0) is 0 Å². The van der Waals surface area contributed by atoms with Crippen LogP contribution in [-0.4, -0.2) is 45.7 Å². The molecule has 4 aromatic rings. The summed E-state index contributed by atoms with van der Waals surface area (Å²) in [6, 6.07) is 9.68. The molecule has 1 saturated heterocycles. The quantitative estimate of drug-likeness (QED) is 0.531. The van der Waals surface area contributed by atoms with Gasteiger partial charge in [0.1, 0.15) is 17.6 Å². The van der Waals surface area contributed by atoms with Gasteiger partial charge >= 0.3 is 6.03 Å². The molecule has 1 fully saturated rings. The molecule has 0 aliphatic carbocycles. The number of benzene rings is 1. The lowest BCUT2D eigenvalue weighted by Crippen LogP contribution is -2.33. The van der Waals surface area contributed by atoms with E-state index in [1.54, 1.807) is 29.7 Å². The molecule has 3 aromatic heterocycles. The summed E-state index contributed by atoms with van der Waals surface area (Å²) in [5.74, 6) is 0.359. The van der Waals surface area contributed by atoms with Crippen LogP contribution in [0.5, 0.6) is 5.75 Å². The molecular formula is C22H20FN5O3. The molecule has 1 aliphatic heterocycles. The van der Waals surface area contributed by atoms with Gasteiger partial charge in [-0.3, -0.25) is 0 Å². The second-order valence-corrected chi connectivity index (χ2v) is 7.33. The average Bonchev–Trinajstić information content (AvgIpc) is 3.52. The Balaban J connectivity index is 1.38. The molecule has 158 valence electrons. The summed E-state index contributed by atoms with van der Waals surface area (Å²) in [6.45, 7) is 1.05. The molecule has 1 aromatic carbocycles. The third kappa shape index (κ3) is 3.48. The minimum absolute atomic E-state index is 0.00292. The molecule has 5 rings (SSSR count). The number of nitrogens with zero attached hydrogens (tertiary/aromatic N) is 4. The Morgan fingerprint density at radius 1 is 1.32 bits per heavy atom. The van der Waals surface area contributed by atoms with Crippen molar-refractivity contribution in [3.63, 3.8) is 0 Å². The number of carbonyl (C=O) groups excluding carboxylic acids is 1. The fraction of sp³-hybridized carbons (Fsp3) is 0.227. The average molecular weight is 421 g/mol. The lowest BCUT2D eigenvalue weighted by Gasteiger charge is -2.19. The molecule has 0 bridgehead atoms. The van der Waals surface area contributed by atoms with E-state index in [0.717, 1.165) is 29.0 Å². The first kappa shape index (κ1) is 19.1. The Kier molecular flexibility index (Phi) is 4.78. The Hall–Kier alpha value is -3.88. The van der Waals surface area contributed by atoms with Gasteiger partial charge in [-0.15, -0.1) is 0 Å². The van der Waals surface area contributed by atoms with Crippen molar-refractivity contribution in [2.24, 2.45) is 0 Å². The second-order valence-electron chi connectivity index (χ2n) is 7.33. The standard InChI is InChI=1S/C22H20FN5O3/c1-30-19-5-4-15(11-17(19)23)25-22(29)27-9-6-16(12-27)28-20(14-7-10-31-13-14)26-18-3-2-8-24-21(18)28/h2-5,7-8,10-11,13,16H,6,9,12H2,1H3,(H,25,29)/t16-/m1/s1. The number of nitrogens with one attached hydrogen (secondary N) is 1. The highest BCUT2D eigenvalue weighted by Crippen LogP contribution is 2.32. The smallest absolute Gasteiger partial charge is 0.321 e. The molecule has 2 amide bonds. The zero-order valence-electron chi connectivity index (χ0n) is 16.8. The number of amides is 2. The number of urea groups is 1. The number of methoxy groups -OCH3 is 1. The van der Waals surface area contributed by atoms with Crippen LogP contribution < -0.4 is 10.1 Å². The predicted molar refractivity (Wildman–Crippen MR) is 112 cm³/mol. The van der Waals surface area contributed by atoms with Gasteiger partial charge in [0.05, 0.1) is 25.0 Å². The molecule has 4 heterocycles. The van der Waals surface area contributed by atoms with Gasteiger partial charge in [-0.25, -0.2) is 19.2 Å². The van der Waals surface area contributed by atoms with Gasteiger partial charge in [0.25, 0.3) is 0 Å². The largest absolute Gasteiger partial charge is 0.494 e. The van der Waals surface area contributed by atoms with Crippen LogP contribution in [0.25, 0.3) is 22.6 Å². The first-order chi connectivity index (χ1) is 15.1. The summed E-state index contributed by atoms with van der Waals surface area (Å²) in [5.41, 5.74) is 2.79. The van der Waals surface area contributed by atoms with Crippen LogP contribution in [0.15, 0.2) is 59.5 Å². The summed E-state index contributed by atoms with van der Waals surface area (Å²) < 4.78 is 26.2. The Morgan fingerprint density at radius 2 is 2.23 bits per heavy atom. The summed E-state index contributed by atoms with van der Waals surface area (Å²) in [5, 5.41) is 2.76. The number of rotatable bonds is 4. The lowest BCUT2D eigenvalue weighted by atomic mass is 10.2. The molecule has 1 atom stereocenters. The molecule has 0 radical (unpaired) electrons. The van der Waals surface area contributed by atoms with Crippen LogP contribution in [0.2, 0.25) is 0 Å². The normalized spacial score (nSPS) is 16.1. The Labute approximate surface area is 177 Å². The number of aromatic nitrogens is 3. The molecule has 1 aliphatic rings. The molecular weight excluding hydrogens is 401 g/mol. The van der Waals surface area contributed by atoms with Crippen LogP contribution >= 0.6 is 0 Å². The molecule has 0 saturated carbocycles. The van der Waals surface area contributed by atoms with Crippen molar-refractivity contribution in [3.05, 3.63) is 60.9 Å². The van der Waals surface area contributed by atoms with E-state index in [0.29, 0.717) is 18.8 Å². The highest BCUT2D eigenvalue weighted by molar-refractivity contribution is 5.89. The highest BCUT2D eigenvalue weighted by Gasteiger charge is 2.31. The van der Waals surface area contributed by atoms with Crippen molar-refractivity contribution in [1.82, 2.24) is 19.4 Å². The first-order valence-electron chi connectivity index (χ1n) is 9.89. The number of likely N-dealkylation sites (tertiary alicyclic amines) is 1. The number of ether oxygens (including phenoxy) is 1. The minimum Gasteiger partial charge on any atom is -0.494 e. The predicted octanol–water partition coefficient (Wildman–Crippen LogP) is 4.32. The van der Waals surface area contributed by atoms with Gasteiger partial charge in [0, 0.05) is 31.0 Å². The van der Waals surface area contributed by atoms with Crippen LogP contribution in [0.3, 0.4) is 0 Å². The van der Waals surface area contributed by atoms with Crippen molar-refractivity contribution in [1.29, 1.82) is 0 Å². The van der Waals surface area contributed by atoms with Crippen molar-refractivity contribution < 1.29 is 18.3 Å². The zero-order valence-corrected chi connectivity index (χ0v) is 16.8. The van der Waals surface area contributed by atoms with Crippen molar-refractivity contribution in [3.8, 4) is 17.1 Å². The van der Waals surface area contributed by atoms with Crippen LogP contribution in [0.1, 0.15) is 12.5 Å². The van der Waals surface area contributed by atoms with Gasteiger partial charge in [-0.05, 0) is 36.8 Å². The molecule has 8 nitrogen and oxygen atoms in total. The second kappa shape index (κ2) is 7.75. The summed E-state index contributed by atoms with van der Waals surface area (Å²) >= 11 is 0. The Bertz CT molecular complexity index is 1240. The number of halogens is 1. The van der Waals surface area contributed by atoms with Crippen molar-refractivity contribution in [2.75, 3.05) is 25.5 Å². The monoisotopic (exact) mass is 421 g/mol. The van der Waals surface area contributed by atoms with E-state index < -0.39 is 5.82 Å². The SMILES string of the molecule is COc1ccc(NC(=O)N2CC[C@@H](n3c(-c4ccoc4)nc4cccnc43)C2)cc1F. The first-order valence-corrected chi connectivity index (χ1v) is 9.89. The fourth-order valence-electron chi connectivity index (χ4n) is 3.95. The van der Waals surface area contributed by atoms with Crippen LogP contribution in [0, 0.1) is 5.82 Å². The van der Waals surface area contributed by atoms with E-state index >= 15 is 0 Å². The van der Waals surface area contributed by atoms with Gasteiger partial charge in [-0.1, -0.05) is 0 Å². The third-order valence-corrected chi connectivity index (χ3v) is 5.45. The minimum atomic E-state index is -0.527. The van der Waals surface area contributed by atoms with Gasteiger partial charge in [0.15, 0.2) is 17.2 Å². The number of pyridine rings is 1. The van der Waals surface area contributed by atoms with Gasteiger partial charge in [-0.2, -0.15) is 0 Å². The maximum absolute atomic E-state index is 13.9. The van der Waals surface area contributed by atoms with E-state index in [1.165, 1.54) is 19.2 Å². The van der Waals surface area contributed by atoms with E-state index in [9.17, 15) is 9.18 Å². The maximum Gasteiger partial charge on any atom is 0.321 e. The molecule has 0 spiro atoms. The van der Waals surface area contributed by atoms with E-state index in [-0.39, 0.29) is 17.8 Å². The van der Waals surface area contributed by atoms with Gasteiger partial charge in [0.2, 0.25) is 0 Å². The number of fused-ring (bicyclic) bond motifs is 1. The van der Waals surface area contributed by atoms with Crippen LogP contribution in [0.4, 0.5) is 14.9 Å². The third-order valence-electron chi connectivity index (χ3n) is 5.45. The Morgan fingerprint density at radius 3 is 3.00 bits per heavy atom. The van der Waals surface area contributed by atoms with E-state index in [4.69, 9.17) is 14.1 Å². The number of furan rings is 1. The zero-order chi connectivity index (χ0) is 21.4. The number of imidazole rings is 1. The van der Waals surface area contributed by atoms with E-state index in [1.807, 2.05) is 18.2 Å². The van der Waals surface area contributed by atoms with Crippen molar-refractivity contribution in [2.45, 2.75) is 12.5 Å². The number of hydrogen-bond acceptors (Lipinski definition) is 5. The number of anilines is 1. The molecule has 31 heavy (non-hydrogen) atoms. The lowest BCUT2D eigenvalue weighted by molar-refractivity contribution is 0.221. The summed E-state index contributed by atoms with van der Waals surface area (Å²) in [4.78, 5) is 23.7. The van der Waals surface area contributed by atoms with Gasteiger partial charge < -0.3 is 23.9 Å². The topological polar surface area (TPSA) is 85.4 Å². The fourth-order valence-corrected chi connectivity index (χ4v) is 3.95. The summed E-state index contributed by atoms with van der Waals surface area (Å²) in [6.07, 6.45) is 5.73.